The maximum atomic E-state index is 12.5. The largest absolute Gasteiger partial charge is 0.367 e. The van der Waals surface area contributed by atoms with Crippen LogP contribution in [0.25, 0.3) is 0 Å². The lowest BCUT2D eigenvalue weighted by molar-refractivity contribution is 0.0740. The normalized spacial score (nSPS) is 15.0. The van der Waals surface area contributed by atoms with Crippen LogP contribution in [-0.2, 0) is 0 Å². The number of nitrogens with zero attached hydrogens (tertiary/aromatic N) is 3. The summed E-state index contributed by atoms with van der Waals surface area (Å²) >= 11 is 6.24. The Kier molecular flexibility index (Phi) is 4.29. The van der Waals surface area contributed by atoms with E-state index in [2.05, 4.69) is 9.88 Å². The summed E-state index contributed by atoms with van der Waals surface area (Å²) in [4.78, 5) is 20.9. The number of halogens is 1. The number of carbonyl (C=O) groups is 1. The van der Waals surface area contributed by atoms with Gasteiger partial charge in [-0.15, -0.1) is 0 Å². The Morgan fingerprint density at radius 1 is 1.05 bits per heavy atom. The number of amides is 1. The molecule has 2 heterocycles. The van der Waals surface area contributed by atoms with Crippen molar-refractivity contribution in [3.05, 3.63) is 58.9 Å². The highest BCUT2D eigenvalue weighted by atomic mass is 35.5. The molecule has 1 amide bonds. The molecule has 0 N–H and O–H groups in total. The zero-order chi connectivity index (χ0) is 15.5. The summed E-state index contributed by atoms with van der Waals surface area (Å²) in [6, 6.07) is 13.4. The third-order valence-corrected chi connectivity index (χ3v) is 4.19. The fourth-order valence-electron chi connectivity index (χ4n) is 2.68. The van der Waals surface area contributed by atoms with Gasteiger partial charge < -0.3 is 9.80 Å². The van der Waals surface area contributed by atoms with Crippen molar-refractivity contribution < 1.29 is 4.79 Å². The predicted octanol–water partition coefficient (Wildman–Crippen LogP) is 3.01. The average Bonchev–Trinajstić information content (AvgIpc) is 2.55. The predicted molar refractivity (Wildman–Crippen MR) is 88.5 cm³/mol. The summed E-state index contributed by atoms with van der Waals surface area (Å²) in [5, 5.41) is 0.752. The number of rotatable bonds is 2. The topological polar surface area (TPSA) is 36.4 Å². The highest BCUT2D eigenvalue weighted by Gasteiger charge is 2.23. The van der Waals surface area contributed by atoms with Gasteiger partial charge in [0.2, 0.25) is 0 Å². The van der Waals surface area contributed by atoms with Crippen LogP contribution >= 0.6 is 11.6 Å². The maximum Gasteiger partial charge on any atom is 0.272 e. The molecule has 1 fully saturated rings. The van der Waals surface area contributed by atoms with Crippen LogP contribution < -0.4 is 4.90 Å². The van der Waals surface area contributed by atoms with Crippen molar-refractivity contribution in [1.82, 2.24) is 9.88 Å². The number of carbonyl (C=O) groups excluding carboxylic acids is 1. The van der Waals surface area contributed by atoms with E-state index < -0.39 is 0 Å². The van der Waals surface area contributed by atoms with E-state index in [0.29, 0.717) is 18.8 Å². The molecule has 2 aromatic rings. The van der Waals surface area contributed by atoms with E-state index in [1.54, 1.807) is 6.07 Å². The number of aromatic nitrogens is 1. The summed E-state index contributed by atoms with van der Waals surface area (Å²) in [7, 11) is 0. The molecule has 0 atom stereocenters. The maximum absolute atomic E-state index is 12.5. The molecule has 0 saturated carbocycles. The molecule has 114 valence electrons. The van der Waals surface area contributed by atoms with E-state index in [0.717, 1.165) is 29.5 Å². The zero-order valence-electron chi connectivity index (χ0n) is 12.5. The summed E-state index contributed by atoms with van der Waals surface area (Å²) in [5.41, 5.74) is 2.41. The van der Waals surface area contributed by atoms with Gasteiger partial charge in [-0.1, -0.05) is 29.8 Å². The van der Waals surface area contributed by atoms with Gasteiger partial charge in [0.25, 0.3) is 5.91 Å². The molecular formula is C17H18ClN3O. The van der Waals surface area contributed by atoms with Crippen molar-refractivity contribution in [2.45, 2.75) is 6.92 Å². The molecule has 22 heavy (non-hydrogen) atoms. The lowest BCUT2D eigenvalue weighted by Gasteiger charge is -2.36. The van der Waals surface area contributed by atoms with Crippen molar-refractivity contribution in [3.63, 3.8) is 0 Å². The second-order valence-electron chi connectivity index (χ2n) is 5.39. The van der Waals surface area contributed by atoms with Crippen LogP contribution in [0.5, 0.6) is 0 Å². The molecule has 0 radical (unpaired) electrons. The summed E-state index contributed by atoms with van der Waals surface area (Å²) in [6.45, 7) is 4.81. The first-order valence-corrected chi connectivity index (χ1v) is 7.75. The molecule has 1 aliphatic rings. The molecule has 1 aliphatic heterocycles. The smallest absolute Gasteiger partial charge is 0.272 e. The first-order valence-electron chi connectivity index (χ1n) is 7.37. The number of pyridine rings is 1. The highest BCUT2D eigenvalue weighted by Crippen LogP contribution is 2.26. The van der Waals surface area contributed by atoms with E-state index in [-0.39, 0.29) is 5.91 Å². The molecule has 0 bridgehead atoms. The fourth-order valence-corrected chi connectivity index (χ4v) is 2.94. The quantitative estimate of drug-likeness (QED) is 0.855. The van der Waals surface area contributed by atoms with Gasteiger partial charge in [-0.05, 0) is 31.2 Å². The molecular weight excluding hydrogens is 298 g/mol. The van der Waals surface area contributed by atoms with Crippen molar-refractivity contribution in [1.29, 1.82) is 0 Å². The van der Waals surface area contributed by atoms with Gasteiger partial charge in [-0.3, -0.25) is 4.79 Å². The van der Waals surface area contributed by atoms with Crippen LogP contribution in [0.3, 0.4) is 0 Å². The minimum Gasteiger partial charge on any atom is -0.367 e. The molecule has 4 nitrogen and oxygen atoms in total. The third-order valence-electron chi connectivity index (χ3n) is 3.87. The summed E-state index contributed by atoms with van der Waals surface area (Å²) in [5.74, 6) is 0.00232. The number of hydrogen-bond donors (Lipinski definition) is 0. The Labute approximate surface area is 135 Å². The van der Waals surface area contributed by atoms with Gasteiger partial charge in [0.15, 0.2) is 0 Å². The number of para-hydroxylation sites is 1. The molecule has 1 aromatic carbocycles. The monoisotopic (exact) mass is 315 g/mol. The SMILES string of the molecule is Cc1cccc(C(=O)N2CCN(c3ccccc3Cl)CC2)n1. The second kappa shape index (κ2) is 6.36. The van der Waals surface area contributed by atoms with Crippen LogP contribution in [0.4, 0.5) is 5.69 Å². The van der Waals surface area contributed by atoms with Gasteiger partial charge in [-0.2, -0.15) is 0 Å². The molecule has 3 rings (SSSR count). The van der Waals surface area contributed by atoms with Gasteiger partial charge in [0.05, 0.1) is 10.7 Å². The first kappa shape index (κ1) is 14.9. The number of benzene rings is 1. The molecule has 0 spiro atoms. The van der Waals surface area contributed by atoms with Gasteiger partial charge in [0, 0.05) is 31.9 Å². The van der Waals surface area contributed by atoms with Crippen molar-refractivity contribution in [2.75, 3.05) is 31.1 Å². The fraction of sp³-hybridized carbons (Fsp3) is 0.294. The molecule has 1 saturated heterocycles. The minimum atomic E-state index is 0.00232. The van der Waals surface area contributed by atoms with Crippen molar-refractivity contribution in [2.24, 2.45) is 0 Å². The Bertz CT molecular complexity index is 681. The van der Waals surface area contributed by atoms with Gasteiger partial charge in [0.1, 0.15) is 5.69 Å². The number of anilines is 1. The van der Waals surface area contributed by atoms with Gasteiger partial charge in [-0.25, -0.2) is 4.98 Å². The standard InChI is InChI=1S/C17H18ClN3O/c1-13-5-4-7-15(19-13)17(22)21-11-9-20(10-12-21)16-8-3-2-6-14(16)18/h2-8H,9-12H2,1H3. The second-order valence-corrected chi connectivity index (χ2v) is 5.80. The van der Waals surface area contributed by atoms with Crippen molar-refractivity contribution >= 4 is 23.2 Å². The van der Waals surface area contributed by atoms with E-state index >= 15 is 0 Å². The van der Waals surface area contributed by atoms with Crippen LogP contribution in [-0.4, -0.2) is 42.0 Å². The molecule has 5 heteroatoms. The highest BCUT2D eigenvalue weighted by molar-refractivity contribution is 6.33. The van der Waals surface area contributed by atoms with E-state index in [4.69, 9.17) is 11.6 Å². The summed E-state index contributed by atoms with van der Waals surface area (Å²) < 4.78 is 0. The molecule has 1 aromatic heterocycles. The summed E-state index contributed by atoms with van der Waals surface area (Å²) in [6.07, 6.45) is 0. The lowest BCUT2D eigenvalue weighted by atomic mass is 10.2. The Hall–Kier alpha value is -2.07. The number of hydrogen-bond acceptors (Lipinski definition) is 3. The van der Waals surface area contributed by atoms with Crippen LogP contribution in [0.15, 0.2) is 42.5 Å². The molecule has 0 unspecified atom stereocenters. The molecule has 0 aliphatic carbocycles. The third kappa shape index (κ3) is 3.07. The lowest BCUT2D eigenvalue weighted by Crippen LogP contribution is -2.49. The van der Waals surface area contributed by atoms with Crippen molar-refractivity contribution in [3.8, 4) is 0 Å². The Balaban J connectivity index is 1.67. The van der Waals surface area contributed by atoms with E-state index in [1.165, 1.54) is 0 Å². The minimum absolute atomic E-state index is 0.00232. The Morgan fingerprint density at radius 3 is 2.45 bits per heavy atom. The van der Waals surface area contributed by atoms with E-state index in [9.17, 15) is 4.79 Å². The number of aryl methyl sites for hydroxylation is 1. The van der Waals surface area contributed by atoms with Crippen LogP contribution in [0.1, 0.15) is 16.2 Å². The van der Waals surface area contributed by atoms with Crippen LogP contribution in [0.2, 0.25) is 5.02 Å². The first-order chi connectivity index (χ1) is 10.6. The zero-order valence-corrected chi connectivity index (χ0v) is 13.3. The Morgan fingerprint density at radius 2 is 1.77 bits per heavy atom. The average molecular weight is 316 g/mol. The number of piperazine rings is 1. The van der Waals surface area contributed by atoms with E-state index in [1.807, 2.05) is 48.2 Å². The van der Waals surface area contributed by atoms with Gasteiger partial charge >= 0.3 is 0 Å². The van der Waals surface area contributed by atoms with Crippen LogP contribution in [0, 0.1) is 6.92 Å².